The van der Waals surface area contributed by atoms with E-state index in [1.54, 1.807) is 12.2 Å². The Labute approximate surface area is 234 Å². The second kappa shape index (κ2) is 11.2. The van der Waals surface area contributed by atoms with Crippen molar-refractivity contribution in [3.05, 3.63) is 65.8 Å². The van der Waals surface area contributed by atoms with Gasteiger partial charge in [0.15, 0.2) is 0 Å². The fourth-order valence-electron chi connectivity index (χ4n) is 6.71. The number of hydrogen-bond donors (Lipinski definition) is 2. The number of phenolic OH excluding ortho intramolecular Hbond substituents is 1. The molecule has 0 amide bonds. The van der Waals surface area contributed by atoms with Crippen LogP contribution in [0, 0.1) is 22.7 Å². The van der Waals surface area contributed by atoms with E-state index in [4.69, 9.17) is 18.9 Å². The van der Waals surface area contributed by atoms with Crippen LogP contribution >= 0.6 is 0 Å². The van der Waals surface area contributed by atoms with Crippen LogP contribution in [-0.2, 0) is 28.5 Å². The zero-order chi connectivity index (χ0) is 29.4. The number of ether oxygens (including phenoxy) is 4. The maximum atomic E-state index is 13.4. The average Bonchev–Trinajstić information content (AvgIpc) is 3.17. The van der Waals surface area contributed by atoms with Gasteiger partial charge in [-0.2, -0.15) is 0 Å². The summed E-state index contributed by atoms with van der Waals surface area (Å²) < 4.78 is 23.6. The van der Waals surface area contributed by atoms with Crippen molar-refractivity contribution >= 4 is 17.9 Å². The topological polar surface area (TPSA) is 129 Å². The molecule has 3 aliphatic rings. The third-order valence-electron chi connectivity index (χ3n) is 8.92. The largest absolute Gasteiger partial charge is 0.508 e. The highest BCUT2D eigenvalue weighted by atomic mass is 16.8. The van der Waals surface area contributed by atoms with E-state index in [2.05, 4.69) is 26.5 Å². The zero-order valence-corrected chi connectivity index (χ0v) is 23.6. The summed E-state index contributed by atoms with van der Waals surface area (Å²) in [5.74, 6) is -2.26. The van der Waals surface area contributed by atoms with Crippen LogP contribution in [0.5, 0.6) is 5.75 Å². The lowest BCUT2D eigenvalue weighted by Crippen LogP contribution is -2.63. The predicted octanol–water partition coefficient (Wildman–Crippen LogP) is 4.59. The normalized spacial score (nSPS) is 35.0. The second-order valence-electron chi connectivity index (χ2n) is 11.4. The Morgan fingerprint density at radius 3 is 2.33 bits per heavy atom. The van der Waals surface area contributed by atoms with Gasteiger partial charge in [-0.3, -0.25) is 14.3 Å². The number of aliphatic hydroxyl groups excluding tert-OH is 1. The quantitative estimate of drug-likeness (QED) is 0.215. The first-order valence-electron chi connectivity index (χ1n) is 13.5. The lowest BCUT2D eigenvalue weighted by molar-refractivity contribution is -0.253. The first kappa shape index (κ1) is 29.6. The summed E-state index contributed by atoms with van der Waals surface area (Å²) in [6, 6.07) is 5.71. The fraction of sp³-hybridized carbons (Fsp3) is 0.516. The third kappa shape index (κ3) is 5.20. The number of phenols is 1. The van der Waals surface area contributed by atoms with Crippen molar-refractivity contribution in [2.75, 3.05) is 0 Å². The van der Waals surface area contributed by atoms with Gasteiger partial charge in [0.1, 0.15) is 17.3 Å². The van der Waals surface area contributed by atoms with Crippen molar-refractivity contribution in [3.8, 4) is 5.75 Å². The van der Waals surface area contributed by atoms with Crippen LogP contribution in [0.15, 0.2) is 60.2 Å². The van der Waals surface area contributed by atoms with E-state index in [0.717, 1.165) is 5.57 Å². The Morgan fingerprint density at radius 1 is 1.07 bits per heavy atom. The summed E-state index contributed by atoms with van der Waals surface area (Å²) in [7, 11) is 0. The number of aromatic hydroxyl groups is 1. The monoisotopic (exact) mass is 554 g/mol. The van der Waals surface area contributed by atoms with Gasteiger partial charge in [-0.15, -0.1) is 0 Å². The standard InChI is InChI=1S/C31H38O9/c1-7-17(2)12-13-30(6)18(3)14-26(39-27(36)21-8-10-22(34)11-9-21)31-24(15-23(35)16-25(30)31)28(37-19(4)32)40-29(31)38-20(5)33/h7-12,15,18,23,25-26,28-29,34-35H,1,13-14,16H2,2-6H3/b17-12+/t18-,23+,25+,26+,28+,29-,30-,31?/m1/s1. The van der Waals surface area contributed by atoms with Gasteiger partial charge >= 0.3 is 17.9 Å². The van der Waals surface area contributed by atoms with E-state index in [1.807, 2.05) is 6.92 Å². The molecule has 0 bridgehead atoms. The van der Waals surface area contributed by atoms with Gasteiger partial charge in [-0.1, -0.05) is 38.2 Å². The smallest absolute Gasteiger partial charge is 0.338 e. The Morgan fingerprint density at radius 2 is 1.73 bits per heavy atom. The van der Waals surface area contributed by atoms with Crippen LogP contribution in [0.4, 0.5) is 0 Å². The van der Waals surface area contributed by atoms with E-state index in [9.17, 15) is 24.6 Å². The van der Waals surface area contributed by atoms with E-state index < -0.39 is 59.4 Å². The molecule has 40 heavy (non-hydrogen) atoms. The van der Waals surface area contributed by atoms with Crippen LogP contribution in [0.2, 0.25) is 0 Å². The third-order valence-corrected chi connectivity index (χ3v) is 8.92. The fourth-order valence-corrected chi connectivity index (χ4v) is 6.71. The number of esters is 3. The number of carbonyl (C=O) groups excluding carboxylic acids is 3. The molecule has 1 aliphatic heterocycles. The van der Waals surface area contributed by atoms with Crippen molar-refractivity contribution in [1.82, 2.24) is 0 Å². The molecule has 2 N–H and O–H groups in total. The molecular formula is C31H38O9. The Hall–Kier alpha value is -3.43. The first-order chi connectivity index (χ1) is 18.8. The summed E-state index contributed by atoms with van der Waals surface area (Å²) in [4.78, 5) is 37.9. The SMILES string of the molecule is C=C/C(C)=C/C[C@]1(C)[C@H](C)C[C@H](OC(=O)c2ccc(O)cc2)C23C(=C[C@H](O)C[C@H]21)[C@@H](OC(C)=O)O[C@H]3OC(C)=O. The maximum Gasteiger partial charge on any atom is 0.338 e. The molecule has 1 spiro atoms. The predicted molar refractivity (Wildman–Crippen MR) is 145 cm³/mol. The Kier molecular flexibility index (Phi) is 8.28. The van der Waals surface area contributed by atoms with Crippen LogP contribution in [0.25, 0.3) is 0 Å². The van der Waals surface area contributed by atoms with Gasteiger partial charge in [0, 0.05) is 19.4 Å². The van der Waals surface area contributed by atoms with E-state index in [-0.39, 0.29) is 23.7 Å². The van der Waals surface area contributed by atoms with Gasteiger partial charge in [0.2, 0.25) is 12.6 Å². The molecule has 9 heteroatoms. The molecule has 4 rings (SSSR count). The second-order valence-corrected chi connectivity index (χ2v) is 11.4. The number of allylic oxidation sites excluding steroid dienone is 3. The molecule has 2 aliphatic carbocycles. The molecule has 1 unspecified atom stereocenters. The van der Waals surface area contributed by atoms with Crippen molar-refractivity contribution < 1.29 is 43.5 Å². The molecule has 2 fully saturated rings. The van der Waals surface area contributed by atoms with E-state index in [1.165, 1.54) is 38.1 Å². The summed E-state index contributed by atoms with van der Waals surface area (Å²) in [6.07, 6.45) is 2.49. The van der Waals surface area contributed by atoms with E-state index >= 15 is 0 Å². The van der Waals surface area contributed by atoms with Crippen LogP contribution in [0.3, 0.4) is 0 Å². The molecular weight excluding hydrogens is 516 g/mol. The molecule has 1 heterocycles. The van der Waals surface area contributed by atoms with Gasteiger partial charge < -0.3 is 24.4 Å². The molecule has 1 aromatic rings. The first-order valence-corrected chi connectivity index (χ1v) is 13.5. The molecule has 0 radical (unpaired) electrons. The minimum atomic E-state index is -1.24. The summed E-state index contributed by atoms with van der Waals surface area (Å²) >= 11 is 0. The highest BCUT2D eigenvalue weighted by Gasteiger charge is 2.72. The molecule has 8 atom stereocenters. The minimum absolute atomic E-state index is 0.00749. The number of hydrogen-bond acceptors (Lipinski definition) is 9. The molecule has 0 aromatic heterocycles. The Bertz CT molecular complexity index is 1230. The summed E-state index contributed by atoms with van der Waals surface area (Å²) in [5, 5.41) is 20.8. The van der Waals surface area contributed by atoms with Crippen LogP contribution in [0.1, 0.15) is 64.2 Å². The molecule has 9 nitrogen and oxygen atoms in total. The van der Waals surface area contributed by atoms with Crippen LogP contribution in [-0.4, -0.2) is 52.9 Å². The minimum Gasteiger partial charge on any atom is -0.508 e. The lowest BCUT2D eigenvalue weighted by Gasteiger charge is -2.60. The van der Waals surface area contributed by atoms with E-state index in [0.29, 0.717) is 18.4 Å². The lowest BCUT2D eigenvalue weighted by atomic mass is 9.45. The summed E-state index contributed by atoms with van der Waals surface area (Å²) in [5.41, 5.74) is -0.0678. The highest BCUT2D eigenvalue weighted by Crippen LogP contribution is 2.67. The summed E-state index contributed by atoms with van der Waals surface area (Å²) in [6.45, 7) is 12.5. The number of aliphatic hydroxyl groups is 1. The van der Waals surface area contributed by atoms with Gasteiger partial charge in [-0.25, -0.2) is 4.79 Å². The zero-order valence-electron chi connectivity index (χ0n) is 23.6. The van der Waals surface area contributed by atoms with Crippen molar-refractivity contribution in [1.29, 1.82) is 0 Å². The van der Waals surface area contributed by atoms with Crippen molar-refractivity contribution in [2.45, 2.75) is 78.7 Å². The van der Waals surface area contributed by atoms with Crippen LogP contribution < -0.4 is 0 Å². The average molecular weight is 555 g/mol. The van der Waals surface area contributed by atoms with Crippen molar-refractivity contribution in [2.24, 2.45) is 22.7 Å². The number of benzene rings is 1. The number of rotatable bonds is 7. The van der Waals surface area contributed by atoms with Gasteiger partial charge in [0.05, 0.1) is 11.7 Å². The maximum absolute atomic E-state index is 13.4. The molecule has 1 saturated heterocycles. The Balaban J connectivity index is 1.90. The highest BCUT2D eigenvalue weighted by molar-refractivity contribution is 5.89. The van der Waals surface area contributed by atoms with Gasteiger partial charge in [-0.05, 0) is 73.8 Å². The molecule has 216 valence electrons. The molecule has 1 saturated carbocycles. The van der Waals surface area contributed by atoms with Crippen molar-refractivity contribution in [3.63, 3.8) is 0 Å². The number of carbonyl (C=O) groups is 3. The molecule has 1 aromatic carbocycles. The van der Waals surface area contributed by atoms with Gasteiger partial charge in [0.25, 0.3) is 0 Å².